The lowest BCUT2D eigenvalue weighted by Gasteiger charge is -2.05. The number of hydrogen-bond acceptors (Lipinski definition) is 7. The third kappa shape index (κ3) is 5.46. The van der Waals surface area contributed by atoms with Crippen LogP contribution in [0, 0.1) is 19.7 Å². The summed E-state index contributed by atoms with van der Waals surface area (Å²) in [6.07, 6.45) is 0.442. The Kier molecular flexibility index (Phi) is 6.53. The fourth-order valence-electron chi connectivity index (χ4n) is 2.51. The molecule has 0 unspecified atom stereocenters. The minimum Gasteiger partial charge on any atom is -0.311 e. The molecular weight excluding hydrogens is 401 g/mol. The van der Waals surface area contributed by atoms with Crippen LogP contribution in [-0.2, 0) is 17.0 Å². The van der Waals surface area contributed by atoms with Crippen molar-refractivity contribution in [3.05, 3.63) is 63.1 Å². The average Bonchev–Trinajstić information content (AvgIpc) is 3.07. The van der Waals surface area contributed by atoms with E-state index < -0.39 is 0 Å². The number of aromatic nitrogens is 4. The number of nitrogens with one attached hydrogen (secondary N) is 2. The maximum Gasteiger partial charge on any atom is 0.254 e. The van der Waals surface area contributed by atoms with Crippen LogP contribution in [0.15, 0.2) is 33.4 Å². The minimum absolute atomic E-state index is 0.145. The molecule has 0 bridgehead atoms. The van der Waals surface area contributed by atoms with Crippen LogP contribution in [0.5, 0.6) is 0 Å². The predicted octanol–water partition coefficient (Wildman–Crippen LogP) is 3.24. The van der Waals surface area contributed by atoms with E-state index >= 15 is 0 Å². The van der Waals surface area contributed by atoms with Crippen molar-refractivity contribution in [1.29, 1.82) is 0 Å². The molecule has 0 aliphatic heterocycles. The van der Waals surface area contributed by atoms with Crippen molar-refractivity contribution in [2.75, 3.05) is 5.32 Å². The summed E-state index contributed by atoms with van der Waals surface area (Å²) in [6.45, 7) is 3.47. The van der Waals surface area contributed by atoms with Crippen LogP contribution in [0.4, 0.5) is 9.52 Å². The van der Waals surface area contributed by atoms with Gasteiger partial charge in [-0.1, -0.05) is 35.2 Å². The van der Waals surface area contributed by atoms with Gasteiger partial charge in [-0.3, -0.25) is 9.59 Å². The molecule has 0 atom stereocenters. The zero-order valence-corrected chi connectivity index (χ0v) is 16.9. The summed E-state index contributed by atoms with van der Waals surface area (Å²) in [6, 6.07) is 6.27. The molecule has 0 spiro atoms. The monoisotopic (exact) mass is 419 g/mol. The first-order valence-corrected chi connectivity index (χ1v) is 10.3. The first kappa shape index (κ1) is 20.2. The standard InChI is InChI=1S/C18H18FN5O2S2/c1-10-14(16(26)21-11(2)20-10)7-8-15(25)22-17-23-24-18(28-17)27-9-12-3-5-13(19)6-4-12/h3-6H,7-9H2,1-2H3,(H,20,21,26)(H,22,23,25). The van der Waals surface area contributed by atoms with Crippen LogP contribution in [0.1, 0.15) is 29.1 Å². The van der Waals surface area contributed by atoms with Crippen molar-refractivity contribution in [1.82, 2.24) is 20.2 Å². The molecule has 0 aliphatic rings. The van der Waals surface area contributed by atoms with Gasteiger partial charge in [-0.25, -0.2) is 9.37 Å². The van der Waals surface area contributed by atoms with Crippen molar-refractivity contribution >= 4 is 34.1 Å². The fraction of sp³-hybridized carbons (Fsp3) is 0.278. The summed E-state index contributed by atoms with van der Waals surface area (Å²) >= 11 is 2.73. The lowest BCUT2D eigenvalue weighted by molar-refractivity contribution is -0.116. The summed E-state index contributed by atoms with van der Waals surface area (Å²) in [7, 11) is 0. The van der Waals surface area contributed by atoms with E-state index in [0.29, 0.717) is 38.7 Å². The zero-order chi connectivity index (χ0) is 20.1. The topological polar surface area (TPSA) is 101 Å². The Morgan fingerprint density at radius 2 is 2.00 bits per heavy atom. The number of thioether (sulfide) groups is 1. The molecule has 28 heavy (non-hydrogen) atoms. The molecule has 3 rings (SSSR count). The van der Waals surface area contributed by atoms with E-state index in [4.69, 9.17) is 0 Å². The second kappa shape index (κ2) is 9.07. The summed E-state index contributed by atoms with van der Waals surface area (Å²) in [5.74, 6) is 0.667. The van der Waals surface area contributed by atoms with Gasteiger partial charge in [0, 0.05) is 23.4 Å². The Hall–Kier alpha value is -2.59. The second-order valence-corrected chi connectivity index (χ2v) is 8.25. The van der Waals surface area contributed by atoms with Crippen LogP contribution in [0.25, 0.3) is 0 Å². The van der Waals surface area contributed by atoms with Gasteiger partial charge in [0.05, 0.1) is 0 Å². The summed E-state index contributed by atoms with van der Waals surface area (Å²) in [5, 5.41) is 11.1. The molecule has 0 radical (unpaired) electrons. The van der Waals surface area contributed by atoms with E-state index in [0.717, 1.165) is 5.56 Å². The van der Waals surface area contributed by atoms with E-state index in [9.17, 15) is 14.0 Å². The van der Waals surface area contributed by atoms with E-state index in [2.05, 4.69) is 25.5 Å². The van der Waals surface area contributed by atoms with E-state index in [1.807, 2.05) is 0 Å². The number of amides is 1. The molecule has 1 amide bonds. The Morgan fingerprint density at radius 1 is 1.25 bits per heavy atom. The van der Waals surface area contributed by atoms with Gasteiger partial charge in [0.15, 0.2) is 4.34 Å². The quantitative estimate of drug-likeness (QED) is 0.450. The minimum atomic E-state index is -0.270. The Morgan fingerprint density at radius 3 is 2.71 bits per heavy atom. The number of aromatic amines is 1. The largest absolute Gasteiger partial charge is 0.311 e. The van der Waals surface area contributed by atoms with Gasteiger partial charge in [0.2, 0.25) is 11.0 Å². The maximum absolute atomic E-state index is 12.9. The van der Waals surface area contributed by atoms with Crippen molar-refractivity contribution in [2.24, 2.45) is 0 Å². The highest BCUT2D eigenvalue weighted by Crippen LogP contribution is 2.28. The highest BCUT2D eigenvalue weighted by molar-refractivity contribution is 8.00. The number of nitrogens with zero attached hydrogens (tertiary/aromatic N) is 3. The van der Waals surface area contributed by atoms with Gasteiger partial charge in [0.1, 0.15) is 11.6 Å². The van der Waals surface area contributed by atoms with Crippen molar-refractivity contribution < 1.29 is 9.18 Å². The number of H-pyrrole nitrogens is 1. The van der Waals surface area contributed by atoms with Gasteiger partial charge in [-0.2, -0.15) is 0 Å². The Balaban J connectivity index is 1.51. The molecule has 2 aromatic heterocycles. The van der Waals surface area contributed by atoms with E-state index in [1.54, 1.807) is 26.0 Å². The molecular formula is C18H18FN5O2S2. The molecule has 0 fully saturated rings. The lowest BCUT2D eigenvalue weighted by Crippen LogP contribution is -2.20. The van der Waals surface area contributed by atoms with Crippen molar-refractivity contribution in [3.8, 4) is 0 Å². The number of rotatable bonds is 7. The molecule has 0 saturated carbocycles. The summed E-state index contributed by atoms with van der Waals surface area (Å²) < 4.78 is 13.6. The van der Waals surface area contributed by atoms with Gasteiger partial charge in [0.25, 0.3) is 5.56 Å². The summed E-state index contributed by atoms with van der Waals surface area (Å²) in [4.78, 5) is 31.0. The molecule has 146 valence electrons. The normalized spacial score (nSPS) is 10.8. The van der Waals surface area contributed by atoms with Gasteiger partial charge in [-0.15, -0.1) is 10.2 Å². The van der Waals surface area contributed by atoms with Gasteiger partial charge < -0.3 is 10.3 Å². The van der Waals surface area contributed by atoms with E-state index in [1.165, 1.54) is 35.2 Å². The third-order valence-corrected chi connectivity index (χ3v) is 5.91. The molecule has 3 aromatic rings. The molecule has 7 nitrogen and oxygen atoms in total. The summed E-state index contributed by atoms with van der Waals surface area (Å²) in [5.41, 5.74) is 1.89. The highest BCUT2D eigenvalue weighted by Gasteiger charge is 2.12. The van der Waals surface area contributed by atoms with Crippen LogP contribution in [0.3, 0.4) is 0 Å². The average molecular weight is 420 g/mol. The molecule has 1 aromatic carbocycles. The van der Waals surface area contributed by atoms with Gasteiger partial charge in [-0.05, 0) is 38.0 Å². The SMILES string of the molecule is Cc1nc(C)c(CCC(=O)Nc2nnc(SCc3ccc(F)cc3)s2)c(=O)[nH]1. The van der Waals surface area contributed by atoms with Crippen LogP contribution >= 0.6 is 23.1 Å². The Bertz CT molecular complexity index is 1030. The smallest absolute Gasteiger partial charge is 0.254 e. The number of carbonyl (C=O) groups is 1. The lowest BCUT2D eigenvalue weighted by atomic mass is 10.1. The maximum atomic E-state index is 12.9. The van der Waals surface area contributed by atoms with Crippen molar-refractivity contribution in [3.63, 3.8) is 0 Å². The van der Waals surface area contributed by atoms with Crippen molar-refractivity contribution in [2.45, 2.75) is 36.8 Å². The zero-order valence-electron chi connectivity index (χ0n) is 15.3. The van der Waals surface area contributed by atoms with Crippen LogP contribution < -0.4 is 10.9 Å². The first-order chi connectivity index (χ1) is 13.4. The Labute approximate surface area is 168 Å². The number of carbonyl (C=O) groups excluding carboxylic acids is 1. The third-order valence-electron chi connectivity index (χ3n) is 3.87. The first-order valence-electron chi connectivity index (χ1n) is 8.47. The predicted molar refractivity (Wildman–Crippen MR) is 107 cm³/mol. The number of anilines is 1. The molecule has 0 saturated heterocycles. The number of benzene rings is 1. The second-order valence-electron chi connectivity index (χ2n) is 6.05. The molecule has 2 heterocycles. The number of halogens is 1. The fourth-order valence-corrected chi connectivity index (χ4v) is 4.23. The van der Waals surface area contributed by atoms with Crippen LogP contribution in [0.2, 0.25) is 0 Å². The number of aryl methyl sites for hydroxylation is 2. The van der Waals surface area contributed by atoms with Gasteiger partial charge >= 0.3 is 0 Å². The highest BCUT2D eigenvalue weighted by atomic mass is 32.2. The molecule has 10 heteroatoms. The number of hydrogen-bond donors (Lipinski definition) is 2. The van der Waals surface area contributed by atoms with E-state index in [-0.39, 0.29) is 23.7 Å². The van der Waals surface area contributed by atoms with Crippen LogP contribution in [-0.4, -0.2) is 26.1 Å². The molecule has 2 N–H and O–H groups in total. The molecule has 0 aliphatic carbocycles.